The van der Waals surface area contributed by atoms with Crippen LogP contribution in [0.4, 0.5) is 13.2 Å². The van der Waals surface area contributed by atoms with Crippen LogP contribution in [-0.4, -0.2) is 61.9 Å². The van der Waals surface area contributed by atoms with Gasteiger partial charge in [0.15, 0.2) is 0 Å². The van der Waals surface area contributed by atoms with Crippen molar-refractivity contribution in [1.82, 2.24) is 10.2 Å². The van der Waals surface area contributed by atoms with E-state index in [-0.39, 0.29) is 6.10 Å². The van der Waals surface area contributed by atoms with Crippen LogP contribution in [0.25, 0.3) is 0 Å². The second-order valence-electron chi connectivity index (χ2n) is 5.26. The first kappa shape index (κ1) is 18.2. The molecule has 0 aromatic carbocycles. The molecule has 1 saturated heterocycles. The van der Waals surface area contributed by atoms with Crippen LogP contribution in [0.15, 0.2) is 0 Å². The Balaban J connectivity index is 2.27. The maximum atomic E-state index is 12.1. The predicted octanol–water partition coefficient (Wildman–Crippen LogP) is 0.883. The predicted molar refractivity (Wildman–Crippen MR) is 72.7 cm³/mol. The number of likely N-dealkylation sites (tertiary alicyclic amines) is 1. The largest absolute Gasteiger partial charge is 0.405 e. The number of nitrogens with two attached hydrogens (primary N) is 1. The van der Waals surface area contributed by atoms with Crippen LogP contribution in [0.2, 0.25) is 0 Å². The number of halogens is 3. The molecule has 8 heteroatoms. The smallest absolute Gasteiger partial charge is 0.378 e. The summed E-state index contributed by atoms with van der Waals surface area (Å²) in [6.07, 6.45) is -1.85. The zero-order valence-corrected chi connectivity index (χ0v) is 12.3. The molecule has 0 aliphatic carbocycles. The van der Waals surface area contributed by atoms with Crippen LogP contribution in [0.5, 0.6) is 0 Å². The van der Waals surface area contributed by atoms with E-state index < -0.39 is 24.7 Å². The van der Waals surface area contributed by atoms with Crippen molar-refractivity contribution in [2.24, 2.45) is 5.73 Å². The summed E-state index contributed by atoms with van der Waals surface area (Å²) in [5, 5.41) is 1.92. The number of alkyl halides is 3. The van der Waals surface area contributed by atoms with Crippen LogP contribution in [-0.2, 0) is 9.53 Å². The molecule has 1 unspecified atom stereocenters. The third-order valence-corrected chi connectivity index (χ3v) is 3.57. The molecule has 0 aromatic heterocycles. The van der Waals surface area contributed by atoms with Gasteiger partial charge in [-0.25, -0.2) is 0 Å². The molecule has 0 saturated carbocycles. The standard InChI is InChI=1S/C13H24F3N3O2/c1-10(12(20)18-9-13(14,15)16)19-6-3-11(4-7-19)21-8-2-5-17/h10-11H,2-9,17H2,1H3,(H,18,20). The second-order valence-corrected chi connectivity index (χ2v) is 5.26. The Morgan fingerprint density at radius 1 is 1.43 bits per heavy atom. The zero-order valence-electron chi connectivity index (χ0n) is 12.3. The molecule has 0 aromatic rings. The molecule has 1 amide bonds. The quantitative estimate of drug-likeness (QED) is 0.685. The van der Waals surface area contributed by atoms with Crippen molar-refractivity contribution in [3.05, 3.63) is 0 Å². The number of carbonyl (C=O) groups excluding carboxylic acids is 1. The van der Waals surface area contributed by atoms with Crippen molar-refractivity contribution in [3.63, 3.8) is 0 Å². The first-order valence-electron chi connectivity index (χ1n) is 7.23. The minimum atomic E-state index is -4.38. The monoisotopic (exact) mass is 311 g/mol. The van der Waals surface area contributed by atoms with E-state index in [0.29, 0.717) is 26.2 Å². The molecular formula is C13H24F3N3O2. The lowest BCUT2D eigenvalue weighted by Crippen LogP contribution is -2.50. The number of ether oxygens (including phenoxy) is 1. The summed E-state index contributed by atoms with van der Waals surface area (Å²) in [6.45, 7) is 2.86. The molecule has 1 aliphatic heterocycles. The SMILES string of the molecule is CC(C(=O)NCC(F)(F)F)N1CCC(OCCCN)CC1. The number of amides is 1. The van der Waals surface area contributed by atoms with E-state index in [1.165, 1.54) is 0 Å². The molecular weight excluding hydrogens is 287 g/mol. The third kappa shape index (κ3) is 7.10. The van der Waals surface area contributed by atoms with Gasteiger partial charge in [-0.2, -0.15) is 13.2 Å². The van der Waals surface area contributed by atoms with Crippen molar-refractivity contribution >= 4 is 5.91 Å². The van der Waals surface area contributed by atoms with Gasteiger partial charge < -0.3 is 15.8 Å². The topological polar surface area (TPSA) is 67.6 Å². The Hall–Kier alpha value is -0.860. The summed E-state index contributed by atoms with van der Waals surface area (Å²) in [4.78, 5) is 13.6. The number of nitrogens with zero attached hydrogens (tertiary/aromatic N) is 1. The highest BCUT2D eigenvalue weighted by atomic mass is 19.4. The molecule has 1 aliphatic rings. The first-order valence-corrected chi connectivity index (χ1v) is 7.23. The Labute approximate surface area is 123 Å². The van der Waals surface area contributed by atoms with Crippen molar-refractivity contribution in [1.29, 1.82) is 0 Å². The lowest BCUT2D eigenvalue weighted by Gasteiger charge is -2.35. The normalized spacial score (nSPS) is 19.5. The highest BCUT2D eigenvalue weighted by Crippen LogP contribution is 2.17. The zero-order chi connectivity index (χ0) is 15.9. The van der Waals surface area contributed by atoms with Crippen LogP contribution < -0.4 is 11.1 Å². The van der Waals surface area contributed by atoms with E-state index in [0.717, 1.165) is 19.3 Å². The van der Waals surface area contributed by atoms with Crippen molar-refractivity contribution in [2.75, 3.05) is 32.8 Å². The average Bonchev–Trinajstić information content (AvgIpc) is 2.44. The van der Waals surface area contributed by atoms with Crippen LogP contribution in [0.1, 0.15) is 26.2 Å². The Morgan fingerprint density at radius 3 is 2.57 bits per heavy atom. The highest BCUT2D eigenvalue weighted by Gasteiger charge is 2.31. The summed E-state index contributed by atoms with van der Waals surface area (Å²) in [6, 6.07) is -0.558. The summed E-state index contributed by atoms with van der Waals surface area (Å²) in [5.41, 5.74) is 5.39. The Morgan fingerprint density at radius 2 is 2.05 bits per heavy atom. The van der Waals surface area contributed by atoms with E-state index in [4.69, 9.17) is 10.5 Å². The van der Waals surface area contributed by atoms with E-state index in [1.807, 2.05) is 10.2 Å². The van der Waals surface area contributed by atoms with Crippen LogP contribution >= 0.6 is 0 Å². The molecule has 1 rings (SSSR count). The average molecular weight is 311 g/mol. The lowest BCUT2D eigenvalue weighted by molar-refractivity contribution is -0.141. The maximum Gasteiger partial charge on any atom is 0.405 e. The summed E-state index contributed by atoms with van der Waals surface area (Å²) in [7, 11) is 0. The molecule has 21 heavy (non-hydrogen) atoms. The summed E-state index contributed by atoms with van der Waals surface area (Å²) >= 11 is 0. The second kappa shape index (κ2) is 8.55. The molecule has 0 bridgehead atoms. The molecule has 0 spiro atoms. The van der Waals surface area contributed by atoms with Gasteiger partial charge in [-0.1, -0.05) is 0 Å². The fraction of sp³-hybridized carbons (Fsp3) is 0.923. The van der Waals surface area contributed by atoms with Crippen molar-refractivity contribution < 1.29 is 22.7 Å². The van der Waals surface area contributed by atoms with Gasteiger partial charge in [0.1, 0.15) is 6.54 Å². The van der Waals surface area contributed by atoms with E-state index in [1.54, 1.807) is 6.92 Å². The molecule has 1 heterocycles. The Kier molecular flexibility index (Phi) is 7.41. The Bertz CT molecular complexity index is 318. The maximum absolute atomic E-state index is 12.1. The third-order valence-electron chi connectivity index (χ3n) is 3.57. The van der Waals surface area contributed by atoms with Gasteiger partial charge in [0.2, 0.25) is 5.91 Å². The molecule has 0 radical (unpaired) electrons. The lowest BCUT2D eigenvalue weighted by atomic mass is 10.1. The minimum Gasteiger partial charge on any atom is -0.378 e. The molecule has 3 N–H and O–H groups in total. The molecule has 1 fully saturated rings. The van der Waals surface area contributed by atoms with E-state index >= 15 is 0 Å². The van der Waals surface area contributed by atoms with Crippen LogP contribution in [0.3, 0.4) is 0 Å². The molecule has 5 nitrogen and oxygen atoms in total. The van der Waals surface area contributed by atoms with Gasteiger partial charge in [0, 0.05) is 19.7 Å². The van der Waals surface area contributed by atoms with E-state index in [2.05, 4.69) is 0 Å². The minimum absolute atomic E-state index is 0.151. The number of carbonyl (C=O) groups is 1. The highest BCUT2D eigenvalue weighted by molar-refractivity contribution is 5.81. The summed E-state index contributed by atoms with van der Waals surface area (Å²) < 4.78 is 41.8. The number of nitrogens with one attached hydrogen (secondary N) is 1. The van der Waals surface area contributed by atoms with E-state index in [9.17, 15) is 18.0 Å². The van der Waals surface area contributed by atoms with Gasteiger partial charge >= 0.3 is 6.18 Å². The van der Waals surface area contributed by atoms with Crippen molar-refractivity contribution in [2.45, 2.75) is 44.5 Å². The molecule has 1 atom stereocenters. The number of rotatable bonds is 7. The molecule has 124 valence electrons. The van der Waals surface area contributed by atoms with Crippen molar-refractivity contribution in [3.8, 4) is 0 Å². The number of hydrogen-bond donors (Lipinski definition) is 2. The van der Waals surface area contributed by atoms with Gasteiger partial charge in [-0.15, -0.1) is 0 Å². The number of hydrogen-bond acceptors (Lipinski definition) is 4. The fourth-order valence-electron chi connectivity index (χ4n) is 2.26. The van der Waals surface area contributed by atoms with Gasteiger partial charge in [0.05, 0.1) is 12.1 Å². The first-order chi connectivity index (χ1) is 9.83. The van der Waals surface area contributed by atoms with Gasteiger partial charge in [-0.05, 0) is 32.7 Å². The van der Waals surface area contributed by atoms with Gasteiger partial charge in [0.25, 0.3) is 0 Å². The number of piperidine rings is 1. The fourth-order valence-corrected chi connectivity index (χ4v) is 2.26. The van der Waals surface area contributed by atoms with Gasteiger partial charge in [-0.3, -0.25) is 9.69 Å². The van der Waals surface area contributed by atoms with Crippen LogP contribution in [0, 0.1) is 0 Å². The summed E-state index contributed by atoms with van der Waals surface area (Å²) in [5.74, 6) is -0.588.